The minimum absolute atomic E-state index is 0.0971. The number of carbonyl (C=O) groups excluding carboxylic acids is 2. The number of hydrogen-bond acceptors (Lipinski definition) is 5. The highest BCUT2D eigenvalue weighted by Crippen LogP contribution is 2.36. The average Bonchev–Trinajstić information content (AvgIpc) is 3.27. The summed E-state index contributed by atoms with van der Waals surface area (Å²) in [5, 5.41) is 21.9. The Bertz CT molecular complexity index is 991. The van der Waals surface area contributed by atoms with Crippen LogP contribution in [-0.4, -0.2) is 88.0 Å². The van der Waals surface area contributed by atoms with E-state index in [-0.39, 0.29) is 24.0 Å². The van der Waals surface area contributed by atoms with Crippen molar-refractivity contribution in [2.24, 2.45) is 0 Å². The van der Waals surface area contributed by atoms with Crippen molar-refractivity contribution in [1.82, 2.24) is 30.2 Å². The molecule has 4 atom stereocenters. The largest absolute Gasteiger partial charge is 0.390 e. The Morgan fingerprint density at radius 3 is 2.52 bits per heavy atom. The van der Waals surface area contributed by atoms with E-state index in [1.807, 2.05) is 28.9 Å². The summed E-state index contributed by atoms with van der Waals surface area (Å²) in [5.41, 5.74) is 1.46. The molecular weight excluding hydrogens is 420 g/mol. The Labute approximate surface area is 195 Å². The molecule has 1 aromatic carbocycles. The van der Waals surface area contributed by atoms with Crippen LogP contribution in [0.25, 0.3) is 10.9 Å². The number of benzene rings is 1. The lowest BCUT2D eigenvalue weighted by molar-refractivity contribution is 0.0409. The molecule has 3 amide bonds. The third-order valence-electron chi connectivity index (χ3n) is 7.00. The average molecular weight is 457 g/mol. The van der Waals surface area contributed by atoms with Crippen molar-refractivity contribution in [3.05, 3.63) is 30.0 Å². The molecule has 9 nitrogen and oxygen atoms in total. The second-order valence-electron chi connectivity index (χ2n) is 9.72. The van der Waals surface area contributed by atoms with Crippen LogP contribution < -0.4 is 10.6 Å². The van der Waals surface area contributed by atoms with Gasteiger partial charge in [0.15, 0.2) is 5.69 Å². The SMILES string of the molecule is CNC(=O)N(C)CC(O)CN1[C@@H]2CC[C@H]1C[C@H](NC(=O)c1nn(C(C)C)c3ccccc13)C2. The highest BCUT2D eigenvalue weighted by Gasteiger charge is 2.42. The zero-order valence-electron chi connectivity index (χ0n) is 20.0. The molecule has 3 heterocycles. The van der Waals surface area contributed by atoms with Crippen LogP contribution in [0, 0.1) is 0 Å². The first-order chi connectivity index (χ1) is 15.8. The molecule has 0 radical (unpaired) electrons. The molecule has 2 bridgehead atoms. The van der Waals surface area contributed by atoms with E-state index < -0.39 is 6.10 Å². The second-order valence-corrected chi connectivity index (χ2v) is 9.72. The number of amides is 3. The van der Waals surface area contributed by atoms with Gasteiger partial charge in [-0.25, -0.2) is 4.79 Å². The monoisotopic (exact) mass is 456 g/mol. The summed E-state index contributed by atoms with van der Waals surface area (Å²) in [6.07, 6.45) is 3.26. The molecule has 0 saturated carbocycles. The predicted molar refractivity (Wildman–Crippen MR) is 127 cm³/mol. The van der Waals surface area contributed by atoms with E-state index in [1.165, 1.54) is 4.90 Å². The summed E-state index contributed by atoms with van der Waals surface area (Å²) in [6, 6.07) is 8.60. The van der Waals surface area contributed by atoms with E-state index in [4.69, 9.17) is 0 Å². The van der Waals surface area contributed by atoms with E-state index in [0.717, 1.165) is 36.6 Å². The van der Waals surface area contributed by atoms with Gasteiger partial charge in [0.1, 0.15) is 0 Å². The fourth-order valence-electron chi connectivity index (χ4n) is 5.49. The molecule has 1 aromatic heterocycles. The minimum Gasteiger partial charge on any atom is -0.390 e. The van der Waals surface area contributed by atoms with E-state index in [2.05, 4.69) is 34.5 Å². The summed E-state index contributed by atoms with van der Waals surface area (Å²) in [4.78, 5) is 28.8. The number of aliphatic hydroxyl groups excluding tert-OH is 1. The fraction of sp³-hybridized carbons (Fsp3) is 0.625. The van der Waals surface area contributed by atoms with Crippen molar-refractivity contribution in [2.75, 3.05) is 27.2 Å². The van der Waals surface area contributed by atoms with E-state index in [1.54, 1.807) is 14.1 Å². The van der Waals surface area contributed by atoms with Crippen LogP contribution in [0.2, 0.25) is 0 Å². The van der Waals surface area contributed by atoms with Gasteiger partial charge in [0.2, 0.25) is 0 Å². The van der Waals surface area contributed by atoms with Gasteiger partial charge in [-0.1, -0.05) is 18.2 Å². The van der Waals surface area contributed by atoms with Gasteiger partial charge < -0.3 is 20.6 Å². The Kier molecular flexibility index (Phi) is 6.90. The highest BCUT2D eigenvalue weighted by atomic mass is 16.3. The van der Waals surface area contributed by atoms with Crippen LogP contribution in [0.1, 0.15) is 56.1 Å². The van der Waals surface area contributed by atoms with Crippen LogP contribution in [-0.2, 0) is 0 Å². The summed E-state index contributed by atoms with van der Waals surface area (Å²) in [5.74, 6) is -0.115. The van der Waals surface area contributed by atoms with Gasteiger partial charge in [0.25, 0.3) is 5.91 Å². The Balaban J connectivity index is 1.38. The molecule has 4 rings (SSSR count). The summed E-state index contributed by atoms with van der Waals surface area (Å²) >= 11 is 0. The molecule has 2 aromatic rings. The first kappa shape index (κ1) is 23.5. The predicted octanol–water partition coefficient (Wildman–Crippen LogP) is 1.97. The quantitative estimate of drug-likeness (QED) is 0.591. The second kappa shape index (κ2) is 9.69. The molecule has 180 valence electrons. The summed E-state index contributed by atoms with van der Waals surface area (Å²) < 4.78 is 1.91. The number of urea groups is 1. The van der Waals surface area contributed by atoms with Crippen molar-refractivity contribution in [1.29, 1.82) is 0 Å². The topological polar surface area (TPSA) is 103 Å². The Morgan fingerprint density at radius 1 is 1.21 bits per heavy atom. The highest BCUT2D eigenvalue weighted by molar-refractivity contribution is 6.05. The maximum Gasteiger partial charge on any atom is 0.316 e. The molecule has 3 N–H and O–H groups in total. The van der Waals surface area contributed by atoms with Gasteiger partial charge in [-0.3, -0.25) is 14.4 Å². The number of nitrogens with one attached hydrogen (secondary N) is 2. The maximum absolute atomic E-state index is 13.2. The fourth-order valence-corrected chi connectivity index (χ4v) is 5.49. The Hall–Kier alpha value is -2.65. The number of hydrogen-bond donors (Lipinski definition) is 3. The van der Waals surface area contributed by atoms with Crippen LogP contribution in [0.4, 0.5) is 4.79 Å². The maximum atomic E-state index is 13.2. The molecule has 9 heteroatoms. The molecule has 33 heavy (non-hydrogen) atoms. The number of aromatic nitrogens is 2. The van der Waals surface area contributed by atoms with Gasteiger partial charge in [-0.15, -0.1) is 0 Å². The minimum atomic E-state index is -0.604. The third kappa shape index (κ3) is 4.84. The number of rotatable bonds is 7. The van der Waals surface area contributed by atoms with Crippen molar-refractivity contribution in [3.63, 3.8) is 0 Å². The van der Waals surface area contributed by atoms with E-state index in [0.29, 0.717) is 30.9 Å². The lowest BCUT2D eigenvalue weighted by atomic mass is 9.96. The number of likely N-dealkylation sites (N-methyl/N-ethyl adjacent to an activating group) is 1. The molecule has 0 spiro atoms. The van der Waals surface area contributed by atoms with Gasteiger partial charge in [0.05, 0.1) is 11.6 Å². The molecular formula is C24H36N6O3. The number of para-hydroxylation sites is 1. The van der Waals surface area contributed by atoms with E-state index >= 15 is 0 Å². The van der Waals surface area contributed by atoms with Crippen LogP contribution in [0.15, 0.2) is 24.3 Å². The molecule has 2 fully saturated rings. The zero-order valence-corrected chi connectivity index (χ0v) is 20.0. The van der Waals surface area contributed by atoms with Crippen molar-refractivity contribution >= 4 is 22.8 Å². The van der Waals surface area contributed by atoms with Crippen molar-refractivity contribution in [2.45, 2.75) is 69.8 Å². The number of piperidine rings is 1. The number of nitrogens with zero attached hydrogens (tertiary/aromatic N) is 4. The van der Waals surface area contributed by atoms with Gasteiger partial charge in [-0.2, -0.15) is 5.10 Å². The lowest BCUT2D eigenvalue weighted by Gasteiger charge is -2.40. The Morgan fingerprint density at radius 2 is 1.88 bits per heavy atom. The standard InChI is InChI=1S/C24H36N6O3/c1-15(2)30-21-8-6-5-7-20(21)22(27-30)23(32)26-16-11-17-9-10-18(12-16)29(17)14-19(31)13-28(4)24(33)25-3/h5-8,15-19,31H,9-14H2,1-4H3,(H,25,33)(H,26,32)/t16-,17-,18+,19?. The van der Waals surface area contributed by atoms with Gasteiger partial charge in [-0.05, 0) is 45.6 Å². The third-order valence-corrected chi connectivity index (χ3v) is 7.00. The smallest absolute Gasteiger partial charge is 0.316 e. The van der Waals surface area contributed by atoms with Crippen LogP contribution in [0.3, 0.4) is 0 Å². The number of fused-ring (bicyclic) bond motifs is 3. The van der Waals surface area contributed by atoms with Crippen molar-refractivity contribution in [3.8, 4) is 0 Å². The molecule has 1 unspecified atom stereocenters. The first-order valence-electron chi connectivity index (χ1n) is 11.9. The van der Waals surface area contributed by atoms with Crippen LogP contribution >= 0.6 is 0 Å². The lowest BCUT2D eigenvalue weighted by Crippen LogP contribution is -2.53. The van der Waals surface area contributed by atoms with E-state index in [9.17, 15) is 14.7 Å². The summed E-state index contributed by atoms with van der Waals surface area (Å²) in [7, 11) is 3.27. The van der Waals surface area contributed by atoms with Crippen LogP contribution in [0.5, 0.6) is 0 Å². The number of aliphatic hydroxyl groups is 1. The first-order valence-corrected chi connectivity index (χ1v) is 11.9. The molecule has 2 aliphatic heterocycles. The molecule has 2 aliphatic rings. The van der Waals surface area contributed by atoms with Crippen molar-refractivity contribution < 1.29 is 14.7 Å². The normalized spacial score (nSPS) is 23.6. The zero-order chi connectivity index (χ0) is 23.7. The van der Waals surface area contributed by atoms with Gasteiger partial charge >= 0.3 is 6.03 Å². The molecule has 2 saturated heterocycles. The summed E-state index contributed by atoms with van der Waals surface area (Å²) in [6.45, 7) is 4.97. The number of carbonyl (C=O) groups is 2. The molecule has 0 aliphatic carbocycles. The van der Waals surface area contributed by atoms with Gasteiger partial charge in [0, 0.05) is 56.7 Å².